The predicted octanol–water partition coefficient (Wildman–Crippen LogP) is 4.17. The summed E-state index contributed by atoms with van der Waals surface area (Å²) in [7, 11) is 0. The lowest BCUT2D eigenvalue weighted by atomic mass is 10.1. The summed E-state index contributed by atoms with van der Waals surface area (Å²) < 4.78 is 18.8. The van der Waals surface area contributed by atoms with Gasteiger partial charge >= 0.3 is 0 Å². The first-order valence-electron chi connectivity index (χ1n) is 5.66. The molecule has 2 rings (SSSR count). The van der Waals surface area contributed by atoms with Crippen LogP contribution in [0.2, 0.25) is 10.0 Å². The topological polar surface area (TPSA) is 35.2 Å². The maximum atomic E-state index is 13.2. The third-order valence-electron chi connectivity index (χ3n) is 2.69. The summed E-state index contributed by atoms with van der Waals surface area (Å²) in [6, 6.07) is 9.53. The van der Waals surface area contributed by atoms with E-state index in [-0.39, 0.29) is 12.4 Å². The first kappa shape index (κ1) is 14.1. The lowest BCUT2D eigenvalue weighted by Gasteiger charge is -2.11. The van der Waals surface area contributed by atoms with Gasteiger partial charge in [0.05, 0.1) is 5.02 Å². The Kier molecular flexibility index (Phi) is 4.64. The number of hydrogen-bond donors (Lipinski definition) is 1. The summed E-state index contributed by atoms with van der Waals surface area (Å²) in [5.74, 6) is 0.134. The molecule has 19 heavy (non-hydrogen) atoms. The van der Waals surface area contributed by atoms with Crippen LogP contribution in [-0.2, 0) is 13.2 Å². The van der Waals surface area contributed by atoms with Gasteiger partial charge in [-0.1, -0.05) is 35.3 Å². The Morgan fingerprint density at radius 2 is 1.89 bits per heavy atom. The minimum absolute atomic E-state index is 0.185. The van der Waals surface area contributed by atoms with Crippen LogP contribution in [0.5, 0.6) is 5.75 Å². The highest BCUT2D eigenvalue weighted by Crippen LogP contribution is 2.32. The fourth-order valence-electron chi connectivity index (χ4n) is 1.68. The second-order valence-corrected chi connectivity index (χ2v) is 4.74. The van der Waals surface area contributed by atoms with E-state index in [9.17, 15) is 4.39 Å². The number of nitrogens with two attached hydrogens (primary N) is 1. The Morgan fingerprint density at radius 1 is 1.11 bits per heavy atom. The summed E-state index contributed by atoms with van der Waals surface area (Å²) in [5.41, 5.74) is 7.12. The fourth-order valence-corrected chi connectivity index (χ4v) is 2.03. The molecule has 5 heteroatoms. The first-order chi connectivity index (χ1) is 9.11. The standard InChI is InChI=1S/C14H12Cl2FNO/c15-12-2-1-3-13(14(12)16)19-8-10-6-11(17)5-4-9(10)7-18/h1-6H,7-8,18H2. The molecule has 0 aliphatic heterocycles. The zero-order valence-corrected chi connectivity index (χ0v) is 11.5. The quantitative estimate of drug-likeness (QED) is 0.919. The molecular weight excluding hydrogens is 288 g/mol. The van der Waals surface area contributed by atoms with Gasteiger partial charge in [-0.3, -0.25) is 0 Å². The van der Waals surface area contributed by atoms with E-state index >= 15 is 0 Å². The normalized spacial score (nSPS) is 10.5. The van der Waals surface area contributed by atoms with Crippen molar-refractivity contribution in [2.45, 2.75) is 13.2 Å². The molecule has 0 aliphatic rings. The molecule has 0 aromatic heterocycles. The number of rotatable bonds is 4. The Balaban J connectivity index is 2.18. The molecule has 0 bridgehead atoms. The Labute approximate surface area is 120 Å². The van der Waals surface area contributed by atoms with Gasteiger partial charge in [-0.25, -0.2) is 4.39 Å². The SMILES string of the molecule is NCc1ccc(F)cc1COc1cccc(Cl)c1Cl. The van der Waals surface area contributed by atoms with Gasteiger partial charge in [-0.15, -0.1) is 0 Å². The minimum atomic E-state index is -0.326. The average Bonchev–Trinajstić information content (AvgIpc) is 2.40. The van der Waals surface area contributed by atoms with E-state index in [0.717, 1.165) is 5.56 Å². The van der Waals surface area contributed by atoms with Gasteiger partial charge in [-0.2, -0.15) is 0 Å². The molecule has 0 heterocycles. The molecule has 2 aromatic carbocycles. The molecule has 0 saturated carbocycles. The van der Waals surface area contributed by atoms with E-state index in [4.69, 9.17) is 33.7 Å². The van der Waals surface area contributed by atoms with Gasteiger partial charge in [-0.05, 0) is 35.4 Å². The van der Waals surface area contributed by atoms with Gasteiger partial charge in [0.1, 0.15) is 23.2 Å². The molecule has 2 nitrogen and oxygen atoms in total. The van der Waals surface area contributed by atoms with E-state index in [1.54, 1.807) is 24.3 Å². The van der Waals surface area contributed by atoms with E-state index in [0.29, 0.717) is 27.9 Å². The van der Waals surface area contributed by atoms with Crippen molar-refractivity contribution in [1.82, 2.24) is 0 Å². The molecule has 0 spiro atoms. The highest BCUT2D eigenvalue weighted by molar-refractivity contribution is 6.42. The summed E-state index contributed by atoms with van der Waals surface area (Å²) in [5, 5.41) is 0.757. The summed E-state index contributed by atoms with van der Waals surface area (Å²) in [6.07, 6.45) is 0. The van der Waals surface area contributed by atoms with Crippen LogP contribution >= 0.6 is 23.2 Å². The zero-order chi connectivity index (χ0) is 13.8. The molecule has 2 N–H and O–H groups in total. The van der Waals surface area contributed by atoms with Crippen molar-refractivity contribution < 1.29 is 9.13 Å². The third-order valence-corrected chi connectivity index (χ3v) is 3.49. The van der Waals surface area contributed by atoms with Gasteiger partial charge in [0.15, 0.2) is 0 Å². The Hall–Kier alpha value is -1.29. The van der Waals surface area contributed by atoms with Crippen molar-refractivity contribution in [3.63, 3.8) is 0 Å². The number of halogens is 3. The van der Waals surface area contributed by atoms with Crippen LogP contribution in [-0.4, -0.2) is 0 Å². The maximum absolute atomic E-state index is 13.2. The van der Waals surface area contributed by atoms with Crippen molar-refractivity contribution in [3.05, 3.63) is 63.4 Å². The van der Waals surface area contributed by atoms with Crippen LogP contribution in [0, 0.1) is 5.82 Å². The van der Waals surface area contributed by atoms with E-state index in [1.165, 1.54) is 12.1 Å². The van der Waals surface area contributed by atoms with Crippen LogP contribution in [0.25, 0.3) is 0 Å². The van der Waals surface area contributed by atoms with Crippen molar-refractivity contribution in [1.29, 1.82) is 0 Å². The summed E-state index contributed by atoms with van der Waals surface area (Å²) >= 11 is 11.9. The number of ether oxygens (including phenoxy) is 1. The first-order valence-corrected chi connectivity index (χ1v) is 6.41. The molecule has 100 valence electrons. The summed E-state index contributed by atoms with van der Waals surface area (Å²) in [6.45, 7) is 0.507. The van der Waals surface area contributed by atoms with Crippen LogP contribution in [0.15, 0.2) is 36.4 Å². The largest absolute Gasteiger partial charge is 0.487 e. The average molecular weight is 300 g/mol. The van der Waals surface area contributed by atoms with Gasteiger partial charge in [0.25, 0.3) is 0 Å². The van der Waals surface area contributed by atoms with E-state index < -0.39 is 0 Å². The molecule has 0 saturated heterocycles. The number of hydrogen-bond acceptors (Lipinski definition) is 2. The van der Waals surface area contributed by atoms with Gasteiger partial charge < -0.3 is 10.5 Å². The minimum Gasteiger partial charge on any atom is -0.487 e. The van der Waals surface area contributed by atoms with Crippen molar-refractivity contribution in [2.75, 3.05) is 0 Å². The van der Waals surface area contributed by atoms with Gasteiger partial charge in [0.2, 0.25) is 0 Å². The molecule has 0 amide bonds. The monoisotopic (exact) mass is 299 g/mol. The Morgan fingerprint density at radius 3 is 2.63 bits per heavy atom. The maximum Gasteiger partial charge on any atom is 0.139 e. The van der Waals surface area contributed by atoms with E-state index in [2.05, 4.69) is 0 Å². The highest BCUT2D eigenvalue weighted by Gasteiger charge is 2.08. The highest BCUT2D eigenvalue weighted by atomic mass is 35.5. The van der Waals surface area contributed by atoms with Crippen LogP contribution in [0.3, 0.4) is 0 Å². The van der Waals surface area contributed by atoms with Crippen molar-refractivity contribution in [2.24, 2.45) is 5.73 Å². The van der Waals surface area contributed by atoms with Crippen LogP contribution in [0.4, 0.5) is 4.39 Å². The second-order valence-electron chi connectivity index (χ2n) is 3.96. The second kappa shape index (κ2) is 6.24. The molecule has 0 radical (unpaired) electrons. The van der Waals surface area contributed by atoms with Crippen molar-refractivity contribution in [3.8, 4) is 5.75 Å². The van der Waals surface area contributed by atoms with Gasteiger partial charge in [0, 0.05) is 6.54 Å². The molecule has 0 unspecified atom stereocenters. The van der Waals surface area contributed by atoms with E-state index in [1.807, 2.05) is 0 Å². The fraction of sp³-hybridized carbons (Fsp3) is 0.143. The van der Waals surface area contributed by atoms with Crippen LogP contribution in [0.1, 0.15) is 11.1 Å². The van der Waals surface area contributed by atoms with Crippen LogP contribution < -0.4 is 10.5 Å². The number of benzene rings is 2. The van der Waals surface area contributed by atoms with Crippen molar-refractivity contribution >= 4 is 23.2 Å². The molecule has 0 fully saturated rings. The smallest absolute Gasteiger partial charge is 0.139 e. The molecule has 0 atom stereocenters. The lowest BCUT2D eigenvalue weighted by Crippen LogP contribution is -2.05. The Bertz CT molecular complexity index is 590. The lowest BCUT2D eigenvalue weighted by molar-refractivity contribution is 0.304. The molecular formula is C14H12Cl2FNO. The molecule has 2 aromatic rings. The molecule has 0 aliphatic carbocycles. The third kappa shape index (κ3) is 3.38. The zero-order valence-electron chi connectivity index (χ0n) is 10.00. The predicted molar refractivity (Wildman–Crippen MR) is 75.1 cm³/mol. The summed E-state index contributed by atoms with van der Waals surface area (Å²) in [4.78, 5) is 0.